The second-order valence-electron chi connectivity index (χ2n) is 7.16. The lowest BCUT2D eigenvalue weighted by Gasteiger charge is -2.20. The summed E-state index contributed by atoms with van der Waals surface area (Å²) in [6.07, 6.45) is 3.10. The number of fused-ring (bicyclic) bond motifs is 1. The summed E-state index contributed by atoms with van der Waals surface area (Å²) < 4.78 is 6.92. The molecule has 5 rings (SSSR count). The number of anilines is 2. The minimum absolute atomic E-state index is 0.0487. The van der Waals surface area contributed by atoms with E-state index >= 15 is 0 Å². The molecule has 0 radical (unpaired) electrons. The Labute approximate surface area is 190 Å². The van der Waals surface area contributed by atoms with E-state index in [2.05, 4.69) is 35.7 Å². The van der Waals surface area contributed by atoms with E-state index in [1.54, 1.807) is 37.4 Å². The van der Waals surface area contributed by atoms with Gasteiger partial charge in [-0.3, -0.25) is 9.89 Å². The van der Waals surface area contributed by atoms with Gasteiger partial charge in [-0.05, 0) is 19.1 Å². The van der Waals surface area contributed by atoms with Crippen molar-refractivity contribution in [2.24, 2.45) is 0 Å². The summed E-state index contributed by atoms with van der Waals surface area (Å²) in [7, 11) is 0. The zero-order chi connectivity index (χ0) is 23.1. The van der Waals surface area contributed by atoms with Crippen LogP contribution in [0.3, 0.4) is 0 Å². The van der Waals surface area contributed by atoms with Crippen molar-refractivity contribution in [3.05, 3.63) is 63.8 Å². The first-order valence-corrected chi connectivity index (χ1v) is 10.2. The zero-order valence-electron chi connectivity index (χ0n) is 17.4. The molecule has 0 amide bonds. The Morgan fingerprint density at radius 1 is 1.24 bits per heavy atom. The predicted octanol–water partition coefficient (Wildman–Crippen LogP) is 2.67. The molecule has 1 atom stereocenters. The van der Waals surface area contributed by atoms with Crippen molar-refractivity contribution < 1.29 is 4.42 Å². The number of H-pyrrole nitrogens is 1. The molecule has 0 fully saturated rings. The summed E-state index contributed by atoms with van der Waals surface area (Å²) in [5, 5.41) is 18.6. The van der Waals surface area contributed by atoms with Crippen LogP contribution in [-0.2, 0) is 0 Å². The van der Waals surface area contributed by atoms with E-state index in [-0.39, 0.29) is 17.4 Å². The molecule has 0 aliphatic carbocycles. The number of nitrogens with one attached hydrogen (secondary N) is 2. The van der Waals surface area contributed by atoms with Gasteiger partial charge in [0.25, 0.3) is 11.4 Å². The molecule has 0 saturated carbocycles. The van der Waals surface area contributed by atoms with Gasteiger partial charge in [-0.25, -0.2) is 14.5 Å². The fourth-order valence-corrected chi connectivity index (χ4v) is 3.68. The Morgan fingerprint density at radius 2 is 2.09 bits per heavy atom. The average molecular weight is 465 g/mol. The van der Waals surface area contributed by atoms with Crippen LogP contribution < -0.4 is 16.6 Å². The number of aromatic nitrogens is 8. The number of rotatable bonds is 5. The van der Waals surface area contributed by atoms with Gasteiger partial charge in [-0.2, -0.15) is 10.1 Å². The van der Waals surface area contributed by atoms with Crippen LogP contribution in [0.1, 0.15) is 24.7 Å². The smallest absolute Gasteiger partial charge is 0.268 e. The SMILES string of the molecule is Cc1nnc(-c2cnc(N)nc2NC(C)c2nc3cccc(Cl)c3c(=O)n2-c2cc[nH]n2)o1. The van der Waals surface area contributed by atoms with E-state index in [0.29, 0.717) is 44.8 Å². The summed E-state index contributed by atoms with van der Waals surface area (Å²) in [5.74, 6) is 1.76. The van der Waals surface area contributed by atoms with Gasteiger partial charge >= 0.3 is 0 Å². The van der Waals surface area contributed by atoms with Crippen molar-refractivity contribution in [1.29, 1.82) is 0 Å². The molecular formula is C20H17ClN10O2. The Balaban J connectivity index is 1.66. The molecule has 12 nitrogen and oxygen atoms in total. The molecule has 5 aromatic rings. The lowest BCUT2D eigenvalue weighted by Crippen LogP contribution is -2.28. The molecule has 33 heavy (non-hydrogen) atoms. The lowest BCUT2D eigenvalue weighted by molar-refractivity contribution is 0.532. The highest BCUT2D eigenvalue weighted by Gasteiger charge is 2.23. The molecule has 4 aromatic heterocycles. The van der Waals surface area contributed by atoms with Gasteiger partial charge in [-0.1, -0.05) is 17.7 Å². The normalized spacial score (nSPS) is 12.2. The second-order valence-corrected chi connectivity index (χ2v) is 7.57. The first-order valence-electron chi connectivity index (χ1n) is 9.83. The Hall–Kier alpha value is -4.32. The molecule has 4 N–H and O–H groups in total. The molecule has 0 saturated heterocycles. The van der Waals surface area contributed by atoms with Crippen molar-refractivity contribution >= 4 is 34.3 Å². The third kappa shape index (κ3) is 3.65. The van der Waals surface area contributed by atoms with Crippen LogP contribution in [0.25, 0.3) is 28.2 Å². The quantitative estimate of drug-likeness (QED) is 0.351. The number of aryl methyl sites for hydroxylation is 1. The van der Waals surface area contributed by atoms with Crippen LogP contribution in [0.4, 0.5) is 11.8 Å². The number of hydrogen-bond donors (Lipinski definition) is 3. The molecule has 13 heteroatoms. The topological polar surface area (TPSA) is 166 Å². The van der Waals surface area contributed by atoms with Crippen molar-refractivity contribution in [2.75, 3.05) is 11.1 Å². The summed E-state index contributed by atoms with van der Waals surface area (Å²) >= 11 is 6.31. The van der Waals surface area contributed by atoms with Crippen molar-refractivity contribution in [3.63, 3.8) is 0 Å². The van der Waals surface area contributed by atoms with Gasteiger partial charge in [0.2, 0.25) is 11.8 Å². The minimum atomic E-state index is -0.533. The number of benzene rings is 1. The number of aromatic amines is 1. The van der Waals surface area contributed by atoms with Gasteiger partial charge in [0.05, 0.1) is 27.5 Å². The van der Waals surface area contributed by atoms with Crippen LogP contribution >= 0.6 is 11.6 Å². The summed E-state index contributed by atoms with van der Waals surface area (Å²) in [6.45, 7) is 3.50. The molecule has 0 bridgehead atoms. The molecule has 1 unspecified atom stereocenters. The highest BCUT2D eigenvalue weighted by molar-refractivity contribution is 6.35. The van der Waals surface area contributed by atoms with Crippen LogP contribution in [0.5, 0.6) is 0 Å². The molecule has 166 valence electrons. The van der Waals surface area contributed by atoms with Gasteiger partial charge in [0, 0.05) is 25.4 Å². The molecule has 0 aliphatic heterocycles. The Kier molecular flexibility index (Phi) is 4.98. The first kappa shape index (κ1) is 20.6. The fourth-order valence-electron chi connectivity index (χ4n) is 3.43. The minimum Gasteiger partial charge on any atom is -0.421 e. The Bertz CT molecular complexity index is 1530. The summed E-state index contributed by atoms with van der Waals surface area (Å²) in [6, 6.07) is 6.24. The molecule has 1 aromatic carbocycles. The zero-order valence-corrected chi connectivity index (χ0v) is 18.2. The molecule has 4 heterocycles. The monoisotopic (exact) mass is 464 g/mol. The maximum absolute atomic E-state index is 13.4. The molecule has 0 aliphatic rings. The Morgan fingerprint density at radius 3 is 2.82 bits per heavy atom. The molecule has 0 spiro atoms. The average Bonchev–Trinajstić information content (AvgIpc) is 3.45. The third-order valence-electron chi connectivity index (χ3n) is 4.89. The standard InChI is InChI=1S/C20H17ClN10O2/c1-9(25-16-11(8-23-20(22)27-16)18-30-28-10(2)33-18)17-26-13-5-3-4-12(21)15(13)19(32)31(17)14-6-7-24-29-14/h3-9H,1-2H3,(H,24,29)(H3,22,23,25,27). The highest BCUT2D eigenvalue weighted by atomic mass is 35.5. The third-order valence-corrected chi connectivity index (χ3v) is 5.21. The van der Waals surface area contributed by atoms with E-state index in [9.17, 15) is 4.79 Å². The number of nitrogen functional groups attached to an aromatic ring is 1. The van der Waals surface area contributed by atoms with Gasteiger partial charge in [0.1, 0.15) is 11.6 Å². The van der Waals surface area contributed by atoms with Crippen molar-refractivity contribution in [1.82, 2.24) is 39.9 Å². The fraction of sp³-hybridized carbons (Fsp3) is 0.150. The first-order chi connectivity index (χ1) is 15.9. The van der Waals surface area contributed by atoms with Crippen LogP contribution in [0.15, 0.2) is 45.9 Å². The van der Waals surface area contributed by atoms with Crippen LogP contribution in [0, 0.1) is 6.92 Å². The maximum Gasteiger partial charge on any atom is 0.268 e. The second kappa shape index (κ2) is 7.98. The number of nitrogens with zero attached hydrogens (tertiary/aromatic N) is 7. The van der Waals surface area contributed by atoms with E-state index in [1.165, 1.54) is 10.8 Å². The van der Waals surface area contributed by atoms with E-state index in [4.69, 9.17) is 26.7 Å². The number of nitrogens with two attached hydrogens (primary N) is 1. The maximum atomic E-state index is 13.4. The van der Waals surface area contributed by atoms with Crippen LogP contribution in [0.2, 0.25) is 5.02 Å². The van der Waals surface area contributed by atoms with Crippen LogP contribution in [-0.4, -0.2) is 39.9 Å². The van der Waals surface area contributed by atoms with E-state index in [1.807, 2.05) is 6.92 Å². The van der Waals surface area contributed by atoms with Gasteiger partial charge in [0.15, 0.2) is 5.82 Å². The van der Waals surface area contributed by atoms with E-state index < -0.39 is 6.04 Å². The van der Waals surface area contributed by atoms with Gasteiger partial charge in [-0.15, -0.1) is 10.2 Å². The lowest BCUT2D eigenvalue weighted by atomic mass is 10.2. The number of hydrogen-bond acceptors (Lipinski definition) is 10. The largest absolute Gasteiger partial charge is 0.421 e. The van der Waals surface area contributed by atoms with Crippen molar-refractivity contribution in [3.8, 4) is 17.3 Å². The summed E-state index contributed by atoms with van der Waals surface area (Å²) in [5.41, 5.74) is 6.38. The highest BCUT2D eigenvalue weighted by Crippen LogP contribution is 2.29. The summed E-state index contributed by atoms with van der Waals surface area (Å²) in [4.78, 5) is 26.5. The molecular weight excluding hydrogens is 448 g/mol. The van der Waals surface area contributed by atoms with Crippen molar-refractivity contribution in [2.45, 2.75) is 19.9 Å². The number of halogens is 1. The van der Waals surface area contributed by atoms with E-state index in [0.717, 1.165) is 0 Å². The van der Waals surface area contributed by atoms with Gasteiger partial charge < -0.3 is 15.5 Å². The predicted molar refractivity (Wildman–Crippen MR) is 121 cm³/mol.